The predicted octanol–water partition coefficient (Wildman–Crippen LogP) is 3.45. The second kappa shape index (κ2) is 9.63. The molecule has 0 bridgehead atoms. The summed E-state index contributed by atoms with van der Waals surface area (Å²) in [7, 11) is 0. The molecule has 1 atom stereocenters. The van der Waals surface area contributed by atoms with E-state index in [1.807, 2.05) is 35.0 Å². The molecule has 1 fully saturated rings. The van der Waals surface area contributed by atoms with Crippen LogP contribution in [-0.2, 0) is 6.42 Å². The van der Waals surface area contributed by atoms with Crippen molar-refractivity contribution in [3.05, 3.63) is 83.4 Å². The number of piperidine rings is 1. The zero-order chi connectivity index (χ0) is 20.8. The second-order valence-electron chi connectivity index (χ2n) is 7.67. The fourth-order valence-electron chi connectivity index (χ4n) is 3.83. The number of amides is 1. The molecule has 1 unspecified atom stereocenters. The molecule has 0 saturated carbocycles. The molecule has 2 N–H and O–H groups in total. The summed E-state index contributed by atoms with van der Waals surface area (Å²) in [6.45, 7) is 1.90. The quantitative estimate of drug-likeness (QED) is 0.629. The van der Waals surface area contributed by atoms with Gasteiger partial charge in [-0.2, -0.15) is 0 Å². The van der Waals surface area contributed by atoms with E-state index >= 15 is 0 Å². The third-order valence-electron chi connectivity index (χ3n) is 5.57. The van der Waals surface area contributed by atoms with Crippen molar-refractivity contribution in [1.82, 2.24) is 25.6 Å². The van der Waals surface area contributed by atoms with E-state index in [2.05, 4.69) is 20.9 Å². The zero-order valence-electron chi connectivity index (χ0n) is 16.8. The van der Waals surface area contributed by atoms with Crippen LogP contribution in [0.4, 0.5) is 4.39 Å². The summed E-state index contributed by atoms with van der Waals surface area (Å²) in [5.41, 5.74) is 2.39. The average Bonchev–Trinajstić information content (AvgIpc) is 3.29. The smallest absolute Gasteiger partial charge is 0.273 e. The maximum atomic E-state index is 13.2. The van der Waals surface area contributed by atoms with E-state index in [0.717, 1.165) is 43.5 Å². The van der Waals surface area contributed by atoms with Crippen molar-refractivity contribution >= 4 is 5.91 Å². The van der Waals surface area contributed by atoms with Crippen LogP contribution in [0.5, 0.6) is 0 Å². The first kappa shape index (κ1) is 20.2. The van der Waals surface area contributed by atoms with Gasteiger partial charge >= 0.3 is 0 Å². The molecule has 1 saturated heterocycles. The van der Waals surface area contributed by atoms with Crippen molar-refractivity contribution in [3.63, 3.8) is 0 Å². The van der Waals surface area contributed by atoms with Crippen molar-refractivity contribution < 1.29 is 9.18 Å². The van der Waals surface area contributed by atoms with Gasteiger partial charge in [0.15, 0.2) is 5.69 Å². The van der Waals surface area contributed by atoms with Gasteiger partial charge in [-0.3, -0.25) is 4.79 Å². The lowest BCUT2D eigenvalue weighted by atomic mass is 9.98. The lowest BCUT2D eigenvalue weighted by Crippen LogP contribution is -2.30. The normalized spacial score (nSPS) is 15.6. The molecule has 1 aliphatic heterocycles. The molecule has 30 heavy (non-hydrogen) atoms. The molecule has 1 aliphatic rings. The highest BCUT2D eigenvalue weighted by molar-refractivity contribution is 5.92. The van der Waals surface area contributed by atoms with Crippen LogP contribution < -0.4 is 10.6 Å². The molecule has 0 radical (unpaired) electrons. The lowest BCUT2D eigenvalue weighted by Gasteiger charge is -2.22. The van der Waals surface area contributed by atoms with Crippen LogP contribution in [-0.4, -0.2) is 34.0 Å². The minimum absolute atomic E-state index is 0.173. The third-order valence-corrected chi connectivity index (χ3v) is 5.57. The van der Waals surface area contributed by atoms with Gasteiger partial charge in [0.25, 0.3) is 5.91 Å². The number of hydrogen-bond acceptors (Lipinski definition) is 4. The molecule has 7 heteroatoms. The van der Waals surface area contributed by atoms with Crippen LogP contribution in [0.15, 0.2) is 60.8 Å². The van der Waals surface area contributed by atoms with E-state index in [1.54, 1.807) is 18.3 Å². The molecular formula is C23H26FN5O. The van der Waals surface area contributed by atoms with Gasteiger partial charge in [-0.25, -0.2) is 9.07 Å². The van der Waals surface area contributed by atoms with E-state index < -0.39 is 0 Å². The number of hydrogen-bond donors (Lipinski definition) is 2. The highest BCUT2D eigenvalue weighted by Crippen LogP contribution is 2.21. The first-order valence-corrected chi connectivity index (χ1v) is 10.4. The lowest BCUT2D eigenvalue weighted by molar-refractivity contribution is 0.0929. The van der Waals surface area contributed by atoms with Crippen LogP contribution >= 0.6 is 0 Å². The fraction of sp³-hybridized carbons (Fsp3) is 0.348. The van der Waals surface area contributed by atoms with E-state index in [4.69, 9.17) is 0 Å². The van der Waals surface area contributed by atoms with Gasteiger partial charge in [0.05, 0.1) is 18.3 Å². The third kappa shape index (κ3) is 5.10. The maximum Gasteiger partial charge on any atom is 0.273 e. The highest BCUT2D eigenvalue weighted by atomic mass is 19.1. The van der Waals surface area contributed by atoms with Gasteiger partial charge in [-0.15, -0.1) is 5.10 Å². The largest absolute Gasteiger partial charge is 0.344 e. The van der Waals surface area contributed by atoms with E-state index in [9.17, 15) is 9.18 Å². The number of carbonyl (C=O) groups excluding carboxylic acids is 1. The van der Waals surface area contributed by atoms with Gasteiger partial charge in [0, 0.05) is 0 Å². The van der Waals surface area contributed by atoms with Gasteiger partial charge < -0.3 is 10.6 Å². The summed E-state index contributed by atoms with van der Waals surface area (Å²) in [5.74, 6) is -0.480. The number of nitrogens with one attached hydrogen (secondary N) is 2. The van der Waals surface area contributed by atoms with Crippen molar-refractivity contribution in [1.29, 1.82) is 0 Å². The van der Waals surface area contributed by atoms with Gasteiger partial charge in [0.1, 0.15) is 5.82 Å². The van der Waals surface area contributed by atoms with Gasteiger partial charge in [0.2, 0.25) is 0 Å². The van der Waals surface area contributed by atoms with Gasteiger partial charge in [-0.1, -0.05) is 47.7 Å². The Morgan fingerprint density at radius 1 is 1.13 bits per heavy atom. The Morgan fingerprint density at radius 3 is 2.60 bits per heavy atom. The number of carbonyl (C=O) groups is 1. The molecule has 1 aromatic heterocycles. The monoisotopic (exact) mass is 407 g/mol. The Balaban J connectivity index is 1.45. The number of halogens is 1. The van der Waals surface area contributed by atoms with Crippen molar-refractivity contribution in [2.45, 2.75) is 37.8 Å². The Labute approximate surface area is 175 Å². The average molecular weight is 407 g/mol. The summed E-state index contributed by atoms with van der Waals surface area (Å²) < 4.78 is 15.0. The summed E-state index contributed by atoms with van der Waals surface area (Å²) in [5, 5.41) is 14.7. The number of aromatic nitrogens is 3. The highest BCUT2D eigenvalue weighted by Gasteiger charge is 2.21. The first-order valence-electron chi connectivity index (χ1n) is 10.4. The molecule has 3 aromatic rings. The molecule has 0 spiro atoms. The summed E-state index contributed by atoms with van der Waals surface area (Å²) in [6.07, 6.45) is 5.13. The van der Waals surface area contributed by atoms with Crippen molar-refractivity contribution in [2.24, 2.45) is 0 Å². The first-order chi connectivity index (χ1) is 14.7. The number of rotatable bonds is 7. The van der Waals surface area contributed by atoms with Crippen LogP contribution in [0.2, 0.25) is 0 Å². The molecule has 0 aliphatic carbocycles. The molecule has 1 amide bonds. The molecular weight excluding hydrogens is 381 g/mol. The van der Waals surface area contributed by atoms with Crippen molar-refractivity contribution in [3.8, 4) is 0 Å². The zero-order valence-corrected chi connectivity index (χ0v) is 16.8. The number of benzene rings is 2. The Morgan fingerprint density at radius 2 is 1.87 bits per heavy atom. The van der Waals surface area contributed by atoms with Crippen molar-refractivity contribution in [2.75, 3.05) is 13.1 Å². The molecule has 2 aromatic carbocycles. The molecule has 6 nitrogen and oxygen atoms in total. The Kier molecular flexibility index (Phi) is 6.49. The molecule has 156 valence electrons. The molecule has 2 heterocycles. The predicted molar refractivity (Wildman–Crippen MR) is 113 cm³/mol. The minimum Gasteiger partial charge on any atom is -0.344 e. The SMILES string of the molecule is O=C(NC(CCc1ccc(F)cc1)c1ccccc1)c1cn(C2CCNCC2)nn1. The van der Waals surface area contributed by atoms with E-state index in [-0.39, 0.29) is 23.8 Å². The Hall–Kier alpha value is -3.06. The van der Waals surface area contributed by atoms with Crippen LogP contribution in [0.3, 0.4) is 0 Å². The summed E-state index contributed by atoms with van der Waals surface area (Å²) in [4.78, 5) is 12.9. The molecule has 4 rings (SSSR count). The maximum absolute atomic E-state index is 13.2. The standard InChI is InChI=1S/C23H26FN5O/c24-19-9-6-17(7-10-19)8-11-21(18-4-2-1-3-5-18)26-23(30)22-16-29(28-27-22)20-12-14-25-15-13-20/h1-7,9-10,16,20-21,25H,8,11-15H2,(H,26,30). The number of nitrogens with zero attached hydrogens (tertiary/aromatic N) is 3. The van der Waals surface area contributed by atoms with E-state index in [1.165, 1.54) is 12.1 Å². The fourth-order valence-corrected chi connectivity index (χ4v) is 3.83. The van der Waals surface area contributed by atoms with E-state index in [0.29, 0.717) is 12.1 Å². The topological polar surface area (TPSA) is 71.8 Å². The second-order valence-corrected chi connectivity index (χ2v) is 7.67. The van der Waals surface area contributed by atoms with Crippen LogP contribution in [0.25, 0.3) is 0 Å². The van der Waals surface area contributed by atoms with Crippen LogP contribution in [0.1, 0.15) is 53.0 Å². The van der Waals surface area contributed by atoms with Crippen LogP contribution in [0, 0.1) is 5.82 Å². The minimum atomic E-state index is -0.247. The Bertz CT molecular complexity index is 951. The number of aryl methyl sites for hydroxylation is 1. The summed E-state index contributed by atoms with van der Waals surface area (Å²) >= 11 is 0. The van der Waals surface area contributed by atoms with Gasteiger partial charge in [-0.05, 0) is 62.0 Å². The summed E-state index contributed by atoms with van der Waals surface area (Å²) in [6, 6.07) is 16.5.